The molecule has 1 unspecified atom stereocenters. The van der Waals surface area contributed by atoms with Gasteiger partial charge in [-0.25, -0.2) is 4.39 Å². The standard InChI is InChI=1S/C20H17F3O/c1-2-3-7-19(21)17-6-4-5-16(14-17)9-8-15-10-12-18(13-11-15)24-20(22)23/h2,4-6,10-14,19-20H,1,3,7H2. The quantitative estimate of drug-likeness (QED) is 0.490. The monoisotopic (exact) mass is 330 g/mol. The molecule has 1 atom stereocenters. The molecule has 0 radical (unpaired) electrons. The Morgan fingerprint density at radius 2 is 1.71 bits per heavy atom. The molecule has 2 aromatic rings. The zero-order chi connectivity index (χ0) is 17.4. The first-order valence-corrected chi connectivity index (χ1v) is 7.50. The average Bonchev–Trinajstić information content (AvgIpc) is 2.59. The molecule has 2 rings (SSSR count). The number of rotatable bonds is 6. The highest BCUT2D eigenvalue weighted by molar-refractivity contribution is 5.45. The Balaban J connectivity index is 2.08. The summed E-state index contributed by atoms with van der Waals surface area (Å²) in [6, 6.07) is 13.1. The third-order valence-electron chi connectivity index (χ3n) is 3.30. The van der Waals surface area contributed by atoms with E-state index in [0.29, 0.717) is 29.5 Å². The van der Waals surface area contributed by atoms with Crippen LogP contribution < -0.4 is 4.74 Å². The summed E-state index contributed by atoms with van der Waals surface area (Å²) in [5.74, 6) is 5.95. The highest BCUT2D eigenvalue weighted by Crippen LogP contribution is 2.23. The normalized spacial score (nSPS) is 11.5. The van der Waals surface area contributed by atoms with Crippen molar-refractivity contribution in [1.82, 2.24) is 0 Å². The molecule has 0 N–H and O–H groups in total. The molecule has 0 bridgehead atoms. The second-order valence-corrected chi connectivity index (χ2v) is 5.11. The molecular formula is C20H17F3O. The second-order valence-electron chi connectivity index (χ2n) is 5.11. The van der Waals surface area contributed by atoms with E-state index in [1.807, 2.05) is 0 Å². The van der Waals surface area contributed by atoms with Crippen molar-refractivity contribution in [3.63, 3.8) is 0 Å². The van der Waals surface area contributed by atoms with Gasteiger partial charge >= 0.3 is 6.61 Å². The van der Waals surface area contributed by atoms with Crippen molar-refractivity contribution in [3.05, 3.63) is 77.9 Å². The molecule has 0 saturated carbocycles. The molecule has 0 aromatic heterocycles. The number of allylic oxidation sites excluding steroid dienone is 1. The van der Waals surface area contributed by atoms with Crippen molar-refractivity contribution in [2.75, 3.05) is 0 Å². The SMILES string of the molecule is C=CCCC(F)c1cccc(C#Cc2ccc(OC(F)F)cc2)c1. The summed E-state index contributed by atoms with van der Waals surface area (Å²) in [4.78, 5) is 0. The number of benzene rings is 2. The first kappa shape index (κ1) is 17.7. The van der Waals surface area contributed by atoms with E-state index in [1.54, 1.807) is 42.5 Å². The maximum atomic E-state index is 14.0. The Hall–Kier alpha value is -2.67. The van der Waals surface area contributed by atoms with Gasteiger partial charge in [0.25, 0.3) is 0 Å². The lowest BCUT2D eigenvalue weighted by Gasteiger charge is -2.07. The van der Waals surface area contributed by atoms with Gasteiger partial charge in [-0.1, -0.05) is 30.0 Å². The van der Waals surface area contributed by atoms with Gasteiger partial charge in [-0.15, -0.1) is 6.58 Å². The summed E-state index contributed by atoms with van der Waals surface area (Å²) in [7, 11) is 0. The van der Waals surface area contributed by atoms with Crippen LogP contribution in [0.25, 0.3) is 0 Å². The van der Waals surface area contributed by atoms with Crippen molar-refractivity contribution < 1.29 is 17.9 Å². The van der Waals surface area contributed by atoms with Gasteiger partial charge in [-0.3, -0.25) is 0 Å². The smallest absolute Gasteiger partial charge is 0.387 e. The van der Waals surface area contributed by atoms with E-state index in [1.165, 1.54) is 12.1 Å². The highest BCUT2D eigenvalue weighted by Gasteiger charge is 2.08. The zero-order valence-corrected chi connectivity index (χ0v) is 13.0. The predicted molar refractivity (Wildman–Crippen MR) is 88.8 cm³/mol. The minimum atomic E-state index is -2.85. The van der Waals surface area contributed by atoms with Crippen molar-refractivity contribution in [2.24, 2.45) is 0 Å². The van der Waals surface area contributed by atoms with Crippen LogP contribution in [0, 0.1) is 11.8 Å². The van der Waals surface area contributed by atoms with Crippen LogP contribution in [0.4, 0.5) is 13.2 Å². The Morgan fingerprint density at radius 3 is 2.38 bits per heavy atom. The molecule has 4 heteroatoms. The average molecular weight is 330 g/mol. The number of ether oxygens (including phenoxy) is 1. The van der Waals surface area contributed by atoms with Crippen LogP contribution in [0.15, 0.2) is 61.2 Å². The molecule has 2 aromatic carbocycles. The van der Waals surface area contributed by atoms with Crippen LogP contribution in [-0.2, 0) is 0 Å². The van der Waals surface area contributed by atoms with Crippen molar-refractivity contribution in [1.29, 1.82) is 0 Å². The maximum Gasteiger partial charge on any atom is 0.387 e. The largest absolute Gasteiger partial charge is 0.435 e. The fourth-order valence-corrected chi connectivity index (χ4v) is 2.11. The van der Waals surface area contributed by atoms with Crippen LogP contribution in [0.2, 0.25) is 0 Å². The molecule has 0 aliphatic carbocycles. The van der Waals surface area contributed by atoms with E-state index in [-0.39, 0.29) is 5.75 Å². The third kappa shape index (κ3) is 5.51. The van der Waals surface area contributed by atoms with Gasteiger partial charge < -0.3 is 4.74 Å². The van der Waals surface area contributed by atoms with Gasteiger partial charge in [-0.05, 0) is 54.8 Å². The van der Waals surface area contributed by atoms with Crippen LogP contribution >= 0.6 is 0 Å². The minimum absolute atomic E-state index is 0.0834. The molecule has 0 heterocycles. The predicted octanol–water partition coefficient (Wildman–Crippen LogP) is 5.66. The van der Waals surface area contributed by atoms with E-state index in [0.717, 1.165) is 0 Å². The van der Waals surface area contributed by atoms with Gasteiger partial charge in [0.2, 0.25) is 0 Å². The Kier molecular flexibility index (Phi) is 6.51. The first-order valence-electron chi connectivity index (χ1n) is 7.50. The summed E-state index contributed by atoms with van der Waals surface area (Å²) < 4.78 is 42.5. The summed E-state index contributed by atoms with van der Waals surface area (Å²) >= 11 is 0. The molecule has 0 fully saturated rings. The topological polar surface area (TPSA) is 9.23 Å². The summed E-state index contributed by atoms with van der Waals surface area (Å²) in [6.45, 7) is 0.741. The number of hydrogen-bond acceptors (Lipinski definition) is 1. The van der Waals surface area contributed by atoms with E-state index < -0.39 is 12.8 Å². The Morgan fingerprint density at radius 1 is 1.00 bits per heavy atom. The number of hydrogen-bond donors (Lipinski definition) is 0. The van der Waals surface area contributed by atoms with Gasteiger partial charge in [0.1, 0.15) is 11.9 Å². The first-order chi connectivity index (χ1) is 11.6. The fourth-order valence-electron chi connectivity index (χ4n) is 2.11. The summed E-state index contributed by atoms with van der Waals surface area (Å²) in [6.07, 6.45) is 1.66. The van der Waals surface area contributed by atoms with Crippen molar-refractivity contribution >= 4 is 0 Å². The van der Waals surface area contributed by atoms with Crippen LogP contribution in [0.1, 0.15) is 35.7 Å². The molecule has 24 heavy (non-hydrogen) atoms. The lowest BCUT2D eigenvalue weighted by atomic mass is 10.0. The molecule has 1 nitrogen and oxygen atoms in total. The second kappa shape index (κ2) is 8.83. The lowest BCUT2D eigenvalue weighted by Crippen LogP contribution is -2.01. The van der Waals surface area contributed by atoms with Gasteiger partial charge in [-0.2, -0.15) is 8.78 Å². The Labute approximate surface area is 139 Å². The van der Waals surface area contributed by atoms with E-state index >= 15 is 0 Å². The van der Waals surface area contributed by atoms with Gasteiger partial charge in [0.15, 0.2) is 0 Å². The molecular weight excluding hydrogens is 313 g/mol. The van der Waals surface area contributed by atoms with Gasteiger partial charge in [0, 0.05) is 11.1 Å². The highest BCUT2D eigenvalue weighted by atomic mass is 19.3. The van der Waals surface area contributed by atoms with E-state index in [2.05, 4.69) is 23.2 Å². The summed E-state index contributed by atoms with van der Waals surface area (Å²) in [5.41, 5.74) is 1.94. The number of halogens is 3. The molecule has 0 aliphatic heterocycles. The number of alkyl halides is 3. The molecule has 0 aliphatic rings. The van der Waals surface area contributed by atoms with Gasteiger partial charge in [0.05, 0.1) is 0 Å². The van der Waals surface area contributed by atoms with E-state index in [4.69, 9.17) is 0 Å². The maximum absolute atomic E-state index is 14.0. The zero-order valence-electron chi connectivity index (χ0n) is 13.0. The van der Waals surface area contributed by atoms with Crippen LogP contribution in [0.5, 0.6) is 5.75 Å². The Bertz CT molecular complexity index is 727. The summed E-state index contributed by atoms with van der Waals surface area (Å²) in [5, 5.41) is 0. The van der Waals surface area contributed by atoms with Crippen molar-refractivity contribution in [2.45, 2.75) is 25.6 Å². The minimum Gasteiger partial charge on any atom is -0.435 e. The lowest BCUT2D eigenvalue weighted by molar-refractivity contribution is -0.0498. The van der Waals surface area contributed by atoms with E-state index in [9.17, 15) is 13.2 Å². The van der Waals surface area contributed by atoms with Crippen molar-refractivity contribution in [3.8, 4) is 17.6 Å². The van der Waals surface area contributed by atoms with Crippen LogP contribution in [-0.4, -0.2) is 6.61 Å². The molecule has 0 amide bonds. The third-order valence-corrected chi connectivity index (χ3v) is 3.30. The molecule has 124 valence electrons. The molecule has 0 spiro atoms. The fraction of sp³-hybridized carbons (Fsp3) is 0.200. The molecule has 0 saturated heterocycles. The van der Waals surface area contributed by atoms with Crippen LogP contribution in [0.3, 0.4) is 0 Å².